The van der Waals surface area contributed by atoms with Gasteiger partial charge < -0.3 is 5.32 Å². The Hall–Kier alpha value is -2.13. The molecule has 2 aromatic heterocycles. The minimum absolute atomic E-state index is 0.257. The van der Waals surface area contributed by atoms with Gasteiger partial charge in [-0.1, -0.05) is 6.07 Å². The van der Waals surface area contributed by atoms with E-state index in [-0.39, 0.29) is 11.8 Å². The molecule has 0 spiro atoms. The number of carbonyl (C=O) groups is 1. The number of hydrogen-bond donors (Lipinski definition) is 2. The van der Waals surface area contributed by atoms with Gasteiger partial charge in [0.15, 0.2) is 0 Å². The van der Waals surface area contributed by atoms with Crippen molar-refractivity contribution < 1.29 is 4.79 Å². The van der Waals surface area contributed by atoms with Crippen molar-refractivity contribution in [1.82, 2.24) is 10.2 Å². The topological polar surface area (TPSA) is 81.6 Å². The lowest BCUT2D eigenvalue weighted by atomic mass is 9.84. The molecule has 2 atom stereocenters. The number of nitriles is 1. The zero-order chi connectivity index (χ0) is 12.7. The summed E-state index contributed by atoms with van der Waals surface area (Å²) in [5, 5.41) is 21.0. The van der Waals surface area contributed by atoms with Crippen LogP contribution in [-0.4, -0.2) is 16.1 Å². The summed E-state index contributed by atoms with van der Waals surface area (Å²) >= 11 is 1.54. The highest BCUT2D eigenvalue weighted by Crippen LogP contribution is 2.41. The molecule has 0 aromatic carbocycles. The average Bonchev–Trinajstić information content (AvgIpc) is 2.99. The van der Waals surface area contributed by atoms with E-state index in [1.807, 2.05) is 24.4 Å². The number of thiophene rings is 1. The molecule has 1 amide bonds. The number of fused-ring (bicyclic) bond motifs is 1. The van der Waals surface area contributed by atoms with E-state index >= 15 is 0 Å². The van der Waals surface area contributed by atoms with Crippen molar-refractivity contribution in [2.45, 2.75) is 12.8 Å². The largest absolute Gasteiger partial charge is 0.322 e. The van der Waals surface area contributed by atoms with Crippen LogP contribution < -0.4 is 5.32 Å². The number of aromatic nitrogens is 2. The van der Waals surface area contributed by atoms with E-state index in [9.17, 15) is 10.1 Å². The van der Waals surface area contributed by atoms with Crippen molar-refractivity contribution in [3.63, 3.8) is 0 Å². The van der Waals surface area contributed by atoms with Crippen molar-refractivity contribution in [3.8, 4) is 6.07 Å². The molecule has 18 heavy (non-hydrogen) atoms. The fraction of sp³-hybridized carbons (Fsp3) is 0.250. The van der Waals surface area contributed by atoms with E-state index in [1.54, 1.807) is 0 Å². The second-order valence-corrected chi connectivity index (χ2v) is 5.18. The lowest BCUT2D eigenvalue weighted by Gasteiger charge is -2.25. The summed E-state index contributed by atoms with van der Waals surface area (Å²) in [5.74, 6) is -1.25. The van der Waals surface area contributed by atoms with Gasteiger partial charge in [-0.3, -0.25) is 9.89 Å². The fourth-order valence-electron chi connectivity index (χ4n) is 2.24. The van der Waals surface area contributed by atoms with Crippen molar-refractivity contribution in [3.05, 3.63) is 33.8 Å². The van der Waals surface area contributed by atoms with Crippen LogP contribution in [0, 0.1) is 24.2 Å². The first-order valence-corrected chi connectivity index (χ1v) is 6.39. The Labute approximate surface area is 107 Å². The number of H-pyrrole nitrogens is 1. The van der Waals surface area contributed by atoms with Gasteiger partial charge in [0.1, 0.15) is 5.92 Å². The van der Waals surface area contributed by atoms with E-state index < -0.39 is 5.92 Å². The van der Waals surface area contributed by atoms with Crippen molar-refractivity contribution in [1.29, 1.82) is 5.26 Å². The quantitative estimate of drug-likeness (QED) is 0.820. The molecule has 1 aliphatic rings. The second kappa shape index (κ2) is 3.96. The van der Waals surface area contributed by atoms with Gasteiger partial charge in [-0.25, -0.2) is 0 Å². The molecule has 6 heteroatoms. The molecule has 0 saturated carbocycles. The predicted octanol–water partition coefficient (Wildman–Crippen LogP) is 2.00. The van der Waals surface area contributed by atoms with Gasteiger partial charge in [-0.15, -0.1) is 11.3 Å². The molecule has 90 valence electrons. The minimum atomic E-state index is -0.723. The SMILES string of the molecule is Cc1[nH]nc2c1NC(=O)C(C#N)C2c1cccs1. The highest BCUT2D eigenvalue weighted by Gasteiger charge is 2.40. The van der Waals surface area contributed by atoms with Crippen LogP contribution in [0.25, 0.3) is 0 Å². The average molecular weight is 258 g/mol. The van der Waals surface area contributed by atoms with E-state index in [2.05, 4.69) is 21.6 Å². The molecule has 0 saturated heterocycles. The fourth-order valence-corrected chi connectivity index (χ4v) is 3.11. The Balaban J connectivity index is 2.19. The number of aryl methyl sites for hydroxylation is 1. The summed E-state index contributed by atoms with van der Waals surface area (Å²) in [4.78, 5) is 13.0. The number of nitrogens with zero attached hydrogens (tertiary/aromatic N) is 2. The predicted molar refractivity (Wildman–Crippen MR) is 67.2 cm³/mol. The van der Waals surface area contributed by atoms with Crippen LogP contribution in [-0.2, 0) is 4.79 Å². The van der Waals surface area contributed by atoms with Crippen molar-refractivity contribution in [2.75, 3.05) is 5.32 Å². The maximum absolute atomic E-state index is 12.0. The number of amides is 1. The molecule has 0 bridgehead atoms. The summed E-state index contributed by atoms with van der Waals surface area (Å²) in [7, 11) is 0. The summed E-state index contributed by atoms with van der Waals surface area (Å²) in [5.41, 5.74) is 2.28. The van der Waals surface area contributed by atoms with Crippen LogP contribution in [0.15, 0.2) is 17.5 Å². The zero-order valence-electron chi connectivity index (χ0n) is 9.60. The van der Waals surface area contributed by atoms with Crippen LogP contribution in [0.1, 0.15) is 22.2 Å². The van der Waals surface area contributed by atoms with Gasteiger partial charge >= 0.3 is 0 Å². The molecule has 2 N–H and O–H groups in total. The molecule has 2 aromatic rings. The molecule has 0 aliphatic carbocycles. The van der Waals surface area contributed by atoms with E-state index in [4.69, 9.17) is 0 Å². The van der Waals surface area contributed by atoms with Crippen LogP contribution in [0.2, 0.25) is 0 Å². The summed E-state index contributed by atoms with van der Waals surface area (Å²) in [6.07, 6.45) is 0. The van der Waals surface area contributed by atoms with Gasteiger partial charge in [0, 0.05) is 4.88 Å². The Bertz CT molecular complexity index is 638. The lowest BCUT2D eigenvalue weighted by Crippen LogP contribution is -2.32. The maximum atomic E-state index is 12.0. The number of carbonyl (C=O) groups excluding carboxylic acids is 1. The van der Waals surface area contributed by atoms with Crippen LogP contribution >= 0.6 is 11.3 Å². The van der Waals surface area contributed by atoms with Gasteiger partial charge in [0.2, 0.25) is 5.91 Å². The standard InChI is InChI=1S/C12H10N4OS/c1-6-10-11(16-15-6)9(8-3-2-4-18-8)7(5-13)12(17)14-10/h2-4,7,9H,1H3,(H,14,17)(H,15,16). The highest BCUT2D eigenvalue weighted by molar-refractivity contribution is 7.10. The van der Waals surface area contributed by atoms with Gasteiger partial charge in [-0.05, 0) is 18.4 Å². The van der Waals surface area contributed by atoms with Crippen molar-refractivity contribution >= 4 is 22.9 Å². The third-order valence-electron chi connectivity index (χ3n) is 3.12. The summed E-state index contributed by atoms with van der Waals surface area (Å²) < 4.78 is 0. The smallest absolute Gasteiger partial charge is 0.242 e. The Morgan fingerprint density at radius 2 is 2.39 bits per heavy atom. The van der Waals surface area contributed by atoms with E-state index in [0.29, 0.717) is 5.69 Å². The number of rotatable bonds is 1. The second-order valence-electron chi connectivity index (χ2n) is 4.20. The van der Waals surface area contributed by atoms with Gasteiger partial charge in [0.05, 0.1) is 29.1 Å². The number of nitrogens with one attached hydrogen (secondary N) is 2. The third-order valence-corrected chi connectivity index (χ3v) is 4.08. The first kappa shape index (κ1) is 11.0. The van der Waals surface area contributed by atoms with Crippen LogP contribution in [0.5, 0.6) is 0 Å². The van der Waals surface area contributed by atoms with E-state index in [0.717, 1.165) is 16.3 Å². The summed E-state index contributed by atoms with van der Waals surface area (Å²) in [6, 6.07) is 5.94. The Kier molecular flexibility index (Phi) is 2.42. The monoisotopic (exact) mass is 258 g/mol. The van der Waals surface area contributed by atoms with Gasteiger partial charge in [-0.2, -0.15) is 10.4 Å². The highest BCUT2D eigenvalue weighted by atomic mass is 32.1. The molecule has 0 fully saturated rings. The first-order chi connectivity index (χ1) is 8.72. The minimum Gasteiger partial charge on any atom is -0.322 e. The number of anilines is 1. The molecule has 3 heterocycles. The molecule has 5 nitrogen and oxygen atoms in total. The maximum Gasteiger partial charge on any atom is 0.242 e. The van der Waals surface area contributed by atoms with Crippen LogP contribution in [0.3, 0.4) is 0 Å². The van der Waals surface area contributed by atoms with E-state index in [1.165, 1.54) is 11.3 Å². The lowest BCUT2D eigenvalue weighted by molar-refractivity contribution is -0.119. The van der Waals surface area contributed by atoms with Gasteiger partial charge in [0.25, 0.3) is 0 Å². The first-order valence-electron chi connectivity index (χ1n) is 5.51. The molecule has 0 radical (unpaired) electrons. The van der Waals surface area contributed by atoms with Crippen molar-refractivity contribution in [2.24, 2.45) is 5.92 Å². The third kappa shape index (κ3) is 1.45. The molecule has 1 aliphatic heterocycles. The zero-order valence-corrected chi connectivity index (χ0v) is 10.4. The Morgan fingerprint density at radius 3 is 3.06 bits per heavy atom. The normalized spacial score (nSPS) is 22.1. The van der Waals surface area contributed by atoms with Crippen LogP contribution in [0.4, 0.5) is 5.69 Å². The molecular formula is C12H10N4OS. The number of aromatic amines is 1. The molecule has 3 rings (SSSR count). The Morgan fingerprint density at radius 1 is 1.56 bits per heavy atom. The number of hydrogen-bond acceptors (Lipinski definition) is 4. The molecule has 2 unspecified atom stereocenters. The molecular weight excluding hydrogens is 248 g/mol. The summed E-state index contributed by atoms with van der Waals surface area (Å²) in [6.45, 7) is 1.85.